The number of nitrogens with zero attached hydrogens (tertiary/aromatic N) is 1. The SMILES string of the molecule is O=C(NCc1cnc2ccccc2c1)C1CCCN1. The lowest BCUT2D eigenvalue weighted by Gasteiger charge is -2.11. The topological polar surface area (TPSA) is 54.0 Å². The van der Waals surface area contributed by atoms with E-state index in [1.54, 1.807) is 0 Å². The van der Waals surface area contributed by atoms with Crippen LogP contribution in [0.1, 0.15) is 18.4 Å². The minimum absolute atomic E-state index is 0.0200. The largest absolute Gasteiger partial charge is 0.351 e. The quantitative estimate of drug-likeness (QED) is 0.876. The van der Waals surface area contributed by atoms with Crippen LogP contribution in [0.15, 0.2) is 36.5 Å². The number of carbonyl (C=O) groups is 1. The smallest absolute Gasteiger partial charge is 0.237 e. The van der Waals surface area contributed by atoms with Crippen molar-refractivity contribution in [2.45, 2.75) is 25.4 Å². The van der Waals surface area contributed by atoms with Crippen LogP contribution in [0.4, 0.5) is 0 Å². The Morgan fingerprint density at radius 1 is 1.42 bits per heavy atom. The van der Waals surface area contributed by atoms with Crippen molar-refractivity contribution in [2.24, 2.45) is 0 Å². The van der Waals surface area contributed by atoms with Crippen LogP contribution >= 0.6 is 0 Å². The van der Waals surface area contributed by atoms with Crippen molar-refractivity contribution in [1.29, 1.82) is 0 Å². The van der Waals surface area contributed by atoms with Gasteiger partial charge in [-0.1, -0.05) is 18.2 Å². The summed E-state index contributed by atoms with van der Waals surface area (Å²) in [4.78, 5) is 16.3. The first-order valence-corrected chi connectivity index (χ1v) is 6.68. The van der Waals surface area contributed by atoms with Crippen LogP contribution in [-0.2, 0) is 11.3 Å². The van der Waals surface area contributed by atoms with Gasteiger partial charge in [0.25, 0.3) is 0 Å². The Balaban J connectivity index is 1.66. The summed E-state index contributed by atoms with van der Waals surface area (Å²) in [6.45, 7) is 1.48. The highest BCUT2D eigenvalue weighted by atomic mass is 16.2. The van der Waals surface area contributed by atoms with Crippen LogP contribution < -0.4 is 10.6 Å². The average Bonchev–Trinajstić information content (AvgIpc) is 2.99. The van der Waals surface area contributed by atoms with E-state index in [2.05, 4.69) is 21.7 Å². The van der Waals surface area contributed by atoms with Crippen LogP contribution in [0.2, 0.25) is 0 Å². The summed E-state index contributed by atoms with van der Waals surface area (Å²) in [6.07, 6.45) is 3.84. The van der Waals surface area contributed by atoms with Gasteiger partial charge < -0.3 is 10.6 Å². The van der Waals surface area contributed by atoms with Crippen molar-refractivity contribution in [3.63, 3.8) is 0 Å². The van der Waals surface area contributed by atoms with E-state index in [9.17, 15) is 4.79 Å². The predicted molar refractivity (Wildman–Crippen MR) is 74.6 cm³/mol. The Labute approximate surface area is 112 Å². The maximum atomic E-state index is 11.9. The molecule has 3 rings (SSSR count). The average molecular weight is 255 g/mol. The highest BCUT2D eigenvalue weighted by Gasteiger charge is 2.21. The van der Waals surface area contributed by atoms with Crippen LogP contribution in [0.25, 0.3) is 10.9 Å². The summed E-state index contributed by atoms with van der Waals surface area (Å²) in [5.74, 6) is 0.0886. The number of hydrogen-bond donors (Lipinski definition) is 2. The molecule has 1 amide bonds. The normalized spacial score (nSPS) is 18.6. The fraction of sp³-hybridized carbons (Fsp3) is 0.333. The van der Waals surface area contributed by atoms with E-state index in [1.165, 1.54) is 0 Å². The molecule has 1 fully saturated rings. The van der Waals surface area contributed by atoms with Gasteiger partial charge in [0.05, 0.1) is 11.6 Å². The van der Waals surface area contributed by atoms with E-state index < -0.39 is 0 Å². The summed E-state index contributed by atoms with van der Waals surface area (Å²) in [5.41, 5.74) is 2.01. The summed E-state index contributed by atoms with van der Waals surface area (Å²) >= 11 is 0. The second kappa shape index (κ2) is 5.36. The van der Waals surface area contributed by atoms with Crippen LogP contribution in [0, 0.1) is 0 Å². The highest BCUT2D eigenvalue weighted by Crippen LogP contribution is 2.12. The Hall–Kier alpha value is -1.94. The summed E-state index contributed by atoms with van der Waals surface area (Å²) in [5, 5.41) is 7.26. The number of fused-ring (bicyclic) bond motifs is 1. The van der Waals surface area contributed by atoms with E-state index >= 15 is 0 Å². The van der Waals surface area contributed by atoms with E-state index in [4.69, 9.17) is 0 Å². The molecule has 1 saturated heterocycles. The molecule has 0 aliphatic carbocycles. The van der Waals surface area contributed by atoms with Gasteiger partial charge in [-0.15, -0.1) is 0 Å². The molecule has 2 N–H and O–H groups in total. The molecule has 1 unspecified atom stereocenters. The van der Waals surface area contributed by atoms with Crippen LogP contribution in [-0.4, -0.2) is 23.5 Å². The molecule has 1 aliphatic rings. The highest BCUT2D eigenvalue weighted by molar-refractivity contribution is 5.82. The van der Waals surface area contributed by atoms with Crippen molar-refractivity contribution < 1.29 is 4.79 Å². The van der Waals surface area contributed by atoms with Gasteiger partial charge >= 0.3 is 0 Å². The van der Waals surface area contributed by atoms with Crippen molar-refractivity contribution >= 4 is 16.8 Å². The number of pyridine rings is 1. The number of aromatic nitrogens is 1. The summed E-state index contributed by atoms with van der Waals surface area (Å²) < 4.78 is 0. The lowest BCUT2D eigenvalue weighted by molar-refractivity contribution is -0.122. The van der Waals surface area contributed by atoms with Crippen LogP contribution in [0.3, 0.4) is 0 Å². The molecule has 1 aromatic carbocycles. The molecule has 19 heavy (non-hydrogen) atoms. The number of nitrogens with one attached hydrogen (secondary N) is 2. The van der Waals surface area contributed by atoms with E-state index in [0.717, 1.165) is 35.9 Å². The predicted octanol–water partition coefficient (Wildman–Crippen LogP) is 1.60. The van der Waals surface area contributed by atoms with Crippen molar-refractivity contribution in [1.82, 2.24) is 15.6 Å². The molecule has 98 valence electrons. The van der Waals surface area contributed by atoms with Gasteiger partial charge in [-0.2, -0.15) is 0 Å². The maximum Gasteiger partial charge on any atom is 0.237 e. The standard InChI is InChI=1S/C15H17N3O/c19-15(14-6-3-7-16-14)18-10-11-8-12-4-1-2-5-13(12)17-9-11/h1-2,4-5,8-9,14,16H,3,6-7,10H2,(H,18,19). The van der Waals surface area contributed by atoms with E-state index in [-0.39, 0.29) is 11.9 Å². The Morgan fingerprint density at radius 3 is 3.16 bits per heavy atom. The molecular formula is C15H17N3O. The maximum absolute atomic E-state index is 11.9. The monoisotopic (exact) mass is 255 g/mol. The van der Waals surface area contributed by atoms with Crippen LogP contribution in [0.5, 0.6) is 0 Å². The van der Waals surface area contributed by atoms with Gasteiger partial charge in [-0.25, -0.2) is 0 Å². The van der Waals surface area contributed by atoms with E-state index in [0.29, 0.717) is 6.54 Å². The lowest BCUT2D eigenvalue weighted by atomic mass is 10.1. The molecule has 0 saturated carbocycles. The Kier molecular flexibility index (Phi) is 3.42. The number of rotatable bonds is 3. The van der Waals surface area contributed by atoms with Crippen molar-refractivity contribution in [2.75, 3.05) is 6.54 Å². The first-order valence-electron chi connectivity index (χ1n) is 6.68. The Morgan fingerprint density at radius 2 is 2.32 bits per heavy atom. The second-order valence-corrected chi connectivity index (χ2v) is 4.90. The van der Waals surface area contributed by atoms with Crippen molar-refractivity contribution in [3.05, 3.63) is 42.1 Å². The molecule has 0 bridgehead atoms. The zero-order valence-corrected chi connectivity index (χ0v) is 10.7. The molecule has 1 aliphatic heterocycles. The number of hydrogen-bond acceptors (Lipinski definition) is 3. The van der Waals surface area contributed by atoms with E-state index in [1.807, 2.05) is 30.5 Å². The number of carbonyl (C=O) groups excluding carboxylic acids is 1. The first kappa shape index (κ1) is 12.1. The summed E-state index contributed by atoms with van der Waals surface area (Å²) in [7, 11) is 0. The molecule has 2 heterocycles. The fourth-order valence-corrected chi connectivity index (χ4v) is 2.43. The number of para-hydroxylation sites is 1. The van der Waals surface area contributed by atoms with Gasteiger partial charge in [0.2, 0.25) is 5.91 Å². The molecule has 2 aromatic rings. The lowest BCUT2D eigenvalue weighted by Crippen LogP contribution is -2.40. The van der Waals surface area contributed by atoms with Gasteiger partial charge in [0.1, 0.15) is 0 Å². The van der Waals surface area contributed by atoms with Gasteiger partial charge in [-0.3, -0.25) is 9.78 Å². The molecule has 1 aromatic heterocycles. The molecule has 1 atom stereocenters. The molecule has 0 radical (unpaired) electrons. The molecule has 4 nitrogen and oxygen atoms in total. The zero-order valence-electron chi connectivity index (χ0n) is 10.7. The number of benzene rings is 1. The second-order valence-electron chi connectivity index (χ2n) is 4.90. The van der Waals surface area contributed by atoms with Gasteiger partial charge in [0, 0.05) is 18.1 Å². The zero-order chi connectivity index (χ0) is 13.1. The minimum atomic E-state index is -0.0200. The van der Waals surface area contributed by atoms with Gasteiger partial charge in [0.15, 0.2) is 0 Å². The first-order chi connectivity index (χ1) is 9.33. The molecular weight excluding hydrogens is 238 g/mol. The Bertz CT molecular complexity index is 591. The third kappa shape index (κ3) is 2.74. The molecule has 0 spiro atoms. The number of amides is 1. The molecule has 4 heteroatoms. The minimum Gasteiger partial charge on any atom is -0.351 e. The summed E-state index contributed by atoms with van der Waals surface area (Å²) in [6, 6.07) is 10.0. The third-order valence-corrected chi connectivity index (χ3v) is 3.49. The third-order valence-electron chi connectivity index (χ3n) is 3.49. The van der Waals surface area contributed by atoms with Gasteiger partial charge in [-0.05, 0) is 37.1 Å². The van der Waals surface area contributed by atoms with Crippen molar-refractivity contribution in [3.8, 4) is 0 Å². The fourth-order valence-electron chi connectivity index (χ4n) is 2.43.